The highest BCUT2D eigenvalue weighted by Crippen LogP contribution is 2.13. The van der Waals surface area contributed by atoms with E-state index in [4.69, 9.17) is 10.2 Å². The Labute approximate surface area is 67.3 Å². The van der Waals surface area contributed by atoms with Crippen molar-refractivity contribution in [2.45, 2.75) is 6.42 Å². The summed E-state index contributed by atoms with van der Waals surface area (Å²) in [4.78, 5) is 13.3. The van der Waals surface area contributed by atoms with Crippen molar-refractivity contribution >= 4 is 5.97 Å². The van der Waals surface area contributed by atoms with Crippen LogP contribution in [-0.4, -0.2) is 21.2 Å². The summed E-state index contributed by atoms with van der Waals surface area (Å²) in [5.74, 6) is -2.68. The minimum Gasteiger partial charge on any atom is -0.504 e. The molecule has 5 heteroatoms. The van der Waals surface area contributed by atoms with Gasteiger partial charge in [0.1, 0.15) is 0 Å². The lowest BCUT2D eigenvalue weighted by Crippen LogP contribution is -2.00. The van der Waals surface area contributed by atoms with Crippen LogP contribution >= 0.6 is 0 Å². The highest BCUT2D eigenvalue weighted by Gasteiger charge is 2.05. The van der Waals surface area contributed by atoms with Crippen LogP contribution in [-0.2, 0) is 11.2 Å². The maximum Gasteiger partial charge on any atom is 0.307 e. The summed E-state index contributed by atoms with van der Waals surface area (Å²) in [6.07, 6.45) is 0.796. The highest BCUT2D eigenvalue weighted by atomic mass is 19.1. The predicted octanol–water partition coefficient (Wildman–Crippen LogP) is 0.553. The van der Waals surface area contributed by atoms with E-state index in [1.165, 1.54) is 0 Å². The fourth-order valence-corrected chi connectivity index (χ4v) is 0.749. The van der Waals surface area contributed by atoms with Gasteiger partial charge >= 0.3 is 5.97 Å². The molecule has 64 valence electrons. The first-order valence-electron chi connectivity index (χ1n) is 3.15. The van der Waals surface area contributed by atoms with Crippen LogP contribution in [0.3, 0.4) is 0 Å². The Hall–Kier alpha value is -1.65. The molecule has 1 aromatic rings. The third-order valence-electron chi connectivity index (χ3n) is 1.23. The van der Waals surface area contributed by atoms with Crippen molar-refractivity contribution in [3.8, 4) is 5.75 Å². The molecule has 0 bridgehead atoms. The van der Waals surface area contributed by atoms with E-state index in [0.29, 0.717) is 0 Å². The third kappa shape index (κ3) is 1.91. The van der Waals surface area contributed by atoms with Crippen LogP contribution in [0.25, 0.3) is 0 Å². The Morgan fingerprint density at radius 2 is 2.33 bits per heavy atom. The number of aromatic hydroxyl groups is 1. The van der Waals surface area contributed by atoms with Gasteiger partial charge in [0.15, 0.2) is 5.75 Å². The Morgan fingerprint density at radius 3 is 2.83 bits per heavy atom. The zero-order valence-corrected chi connectivity index (χ0v) is 5.99. The van der Waals surface area contributed by atoms with E-state index in [1.54, 1.807) is 0 Å². The summed E-state index contributed by atoms with van der Waals surface area (Å²) >= 11 is 0. The van der Waals surface area contributed by atoms with Gasteiger partial charge in [-0.1, -0.05) is 0 Å². The van der Waals surface area contributed by atoms with Gasteiger partial charge in [0, 0.05) is 6.20 Å². The van der Waals surface area contributed by atoms with E-state index in [-0.39, 0.29) is 12.0 Å². The second kappa shape index (κ2) is 3.17. The van der Waals surface area contributed by atoms with Crippen LogP contribution in [0, 0.1) is 5.95 Å². The molecular formula is C7H6FNO3. The summed E-state index contributed by atoms with van der Waals surface area (Å²) in [7, 11) is 0. The minimum absolute atomic E-state index is 0.265. The monoisotopic (exact) mass is 171 g/mol. The number of aliphatic carboxylic acids is 1. The van der Waals surface area contributed by atoms with Crippen LogP contribution in [0.2, 0.25) is 0 Å². The van der Waals surface area contributed by atoms with Crippen molar-refractivity contribution in [3.05, 3.63) is 23.8 Å². The topological polar surface area (TPSA) is 70.4 Å². The molecule has 0 fully saturated rings. The second-order valence-corrected chi connectivity index (χ2v) is 2.22. The number of halogens is 1. The molecule has 0 aliphatic heterocycles. The van der Waals surface area contributed by atoms with Crippen LogP contribution in [0.4, 0.5) is 4.39 Å². The number of carboxylic acids is 1. The summed E-state index contributed by atoms with van der Waals surface area (Å²) in [6.45, 7) is 0. The Kier molecular flexibility index (Phi) is 2.23. The lowest BCUT2D eigenvalue weighted by atomic mass is 10.2. The SMILES string of the molecule is O=C(O)Cc1cnc(F)c(O)c1. The van der Waals surface area contributed by atoms with Crippen molar-refractivity contribution in [2.24, 2.45) is 0 Å². The van der Waals surface area contributed by atoms with Crippen molar-refractivity contribution in [1.29, 1.82) is 0 Å². The molecule has 0 spiro atoms. The van der Waals surface area contributed by atoms with Gasteiger partial charge in [0.2, 0.25) is 0 Å². The largest absolute Gasteiger partial charge is 0.504 e. The van der Waals surface area contributed by atoms with Gasteiger partial charge in [-0.25, -0.2) is 4.98 Å². The first-order valence-corrected chi connectivity index (χ1v) is 3.15. The molecule has 0 aliphatic carbocycles. The van der Waals surface area contributed by atoms with Crippen molar-refractivity contribution in [3.63, 3.8) is 0 Å². The molecule has 0 aliphatic rings. The molecule has 0 saturated heterocycles. The smallest absolute Gasteiger partial charge is 0.307 e. The molecule has 0 atom stereocenters. The number of hydrogen-bond donors (Lipinski definition) is 2. The van der Waals surface area contributed by atoms with E-state index in [0.717, 1.165) is 12.3 Å². The van der Waals surface area contributed by atoms with Gasteiger partial charge in [-0.3, -0.25) is 4.79 Å². The number of pyridine rings is 1. The number of carboxylic acid groups (broad SMARTS) is 1. The normalized spacial score (nSPS) is 9.75. The Morgan fingerprint density at radius 1 is 1.67 bits per heavy atom. The minimum atomic E-state index is -1.05. The van der Waals surface area contributed by atoms with Crippen molar-refractivity contribution in [1.82, 2.24) is 4.98 Å². The summed E-state index contributed by atoms with van der Waals surface area (Å²) in [5, 5.41) is 17.1. The highest BCUT2D eigenvalue weighted by molar-refractivity contribution is 5.70. The number of nitrogens with zero attached hydrogens (tertiary/aromatic N) is 1. The molecule has 0 amide bonds. The number of rotatable bonds is 2. The molecule has 4 nitrogen and oxygen atoms in total. The van der Waals surface area contributed by atoms with Crippen LogP contribution < -0.4 is 0 Å². The standard InChI is InChI=1S/C7H6FNO3/c8-7-5(10)1-4(3-9-7)2-6(11)12/h1,3,10H,2H2,(H,11,12). The molecule has 0 aromatic carbocycles. The molecule has 1 aromatic heterocycles. The van der Waals surface area contributed by atoms with Crippen molar-refractivity contribution < 1.29 is 19.4 Å². The fourth-order valence-electron chi connectivity index (χ4n) is 0.749. The average molecular weight is 171 g/mol. The lowest BCUT2D eigenvalue weighted by molar-refractivity contribution is -0.136. The van der Waals surface area contributed by atoms with Crippen LogP contribution in [0.15, 0.2) is 12.3 Å². The molecule has 1 heterocycles. The summed E-state index contributed by atoms with van der Waals surface area (Å²) in [5.41, 5.74) is 0.265. The van der Waals surface area contributed by atoms with Crippen molar-refractivity contribution in [2.75, 3.05) is 0 Å². The van der Waals surface area contributed by atoms with Gasteiger partial charge in [0.25, 0.3) is 5.95 Å². The van der Waals surface area contributed by atoms with Gasteiger partial charge in [-0.05, 0) is 11.6 Å². The zero-order chi connectivity index (χ0) is 9.14. The molecule has 12 heavy (non-hydrogen) atoms. The molecule has 0 radical (unpaired) electrons. The molecule has 2 N–H and O–H groups in total. The quantitative estimate of drug-likeness (QED) is 0.637. The first-order chi connectivity index (χ1) is 5.59. The number of aromatic nitrogens is 1. The van der Waals surface area contributed by atoms with Gasteiger partial charge in [-0.15, -0.1) is 0 Å². The average Bonchev–Trinajstić information content (AvgIpc) is 1.96. The molecular weight excluding hydrogens is 165 g/mol. The zero-order valence-electron chi connectivity index (χ0n) is 5.99. The maximum absolute atomic E-state index is 12.3. The fraction of sp³-hybridized carbons (Fsp3) is 0.143. The van der Waals surface area contributed by atoms with Crippen LogP contribution in [0.5, 0.6) is 5.75 Å². The predicted molar refractivity (Wildman–Crippen MR) is 37.2 cm³/mol. The van der Waals surface area contributed by atoms with Crippen LogP contribution in [0.1, 0.15) is 5.56 Å². The van der Waals surface area contributed by atoms with E-state index in [1.807, 2.05) is 0 Å². The molecule has 0 saturated carbocycles. The molecule has 1 rings (SSSR count). The second-order valence-electron chi connectivity index (χ2n) is 2.22. The number of carbonyl (C=O) groups is 1. The number of hydrogen-bond acceptors (Lipinski definition) is 3. The van der Waals surface area contributed by atoms with Gasteiger partial charge in [-0.2, -0.15) is 4.39 Å². The third-order valence-corrected chi connectivity index (χ3v) is 1.23. The summed E-state index contributed by atoms with van der Waals surface area (Å²) in [6, 6.07) is 1.04. The maximum atomic E-state index is 12.3. The van der Waals surface area contributed by atoms with E-state index in [9.17, 15) is 9.18 Å². The Balaban J connectivity index is 2.89. The molecule has 0 unspecified atom stereocenters. The summed E-state index contributed by atoms with van der Waals surface area (Å²) < 4.78 is 12.3. The lowest BCUT2D eigenvalue weighted by Gasteiger charge is -1.97. The van der Waals surface area contributed by atoms with E-state index < -0.39 is 17.7 Å². The van der Waals surface area contributed by atoms with E-state index in [2.05, 4.69) is 4.98 Å². The first kappa shape index (κ1) is 8.45. The van der Waals surface area contributed by atoms with E-state index >= 15 is 0 Å². The van der Waals surface area contributed by atoms with Gasteiger partial charge in [0.05, 0.1) is 6.42 Å². The van der Waals surface area contributed by atoms with Gasteiger partial charge < -0.3 is 10.2 Å². The Bertz CT molecular complexity index is 314.